The van der Waals surface area contributed by atoms with E-state index in [4.69, 9.17) is 4.98 Å². The van der Waals surface area contributed by atoms with Gasteiger partial charge in [0.05, 0.1) is 23.2 Å². The number of aromatic nitrogens is 2. The predicted octanol–water partition coefficient (Wildman–Crippen LogP) is 2.34. The Morgan fingerprint density at radius 2 is 1.93 bits per heavy atom. The highest BCUT2D eigenvalue weighted by molar-refractivity contribution is 5.86. The van der Waals surface area contributed by atoms with Crippen molar-refractivity contribution in [2.45, 2.75) is 20.3 Å². The first kappa shape index (κ1) is 17.8. The lowest BCUT2D eigenvalue weighted by molar-refractivity contribution is 0.188. The Morgan fingerprint density at radius 3 is 2.59 bits per heavy atom. The molecule has 0 atom stereocenters. The van der Waals surface area contributed by atoms with Gasteiger partial charge in [-0.2, -0.15) is 5.26 Å². The highest BCUT2D eigenvalue weighted by Crippen LogP contribution is 2.33. The summed E-state index contributed by atoms with van der Waals surface area (Å²) < 4.78 is 2.18. The van der Waals surface area contributed by atoms with Gasteiger partial charge in [-0.05, 0) is 36.6 Å². The third kappa shape index (κ3) is 2.84. The van der Waals surface area contributed by atoms with Gasteiger partial charge in [-0.3, -0.25) is 9.30 Å². The lowest BCUT2D eigenvalue weighted by Gasteiger charge is -2.37. The van der Waals surface area contributed by atoms with Crippen molar-refractivity contribution in [1.29, 1.82) is 5.26 Å². The van der Waals surface area contributed by atoms with Gasteiger partial charge in [-0.15, -0.1) is 0 Å². The minimum absolute atomic E-state index is 0.201. The molecule has 6 heteroatoms. The number of hydrogen-bond donors (Lipinski definition) is 1. The quantitative estimate of drug-likeness (QED) is 0.771. The van der Waals surface area contributed by atoms with Crippen LogP contribution in [0.25, 0.3) is 16.7 Å². The Bertz CT molecular complexity index is 1020. The summed E-state index contributed by atoms with van der Waals surface area (Å²) in [7, 11) is 0. The first-order valence-corrected chi connectivity index (χ1v) is 9.60. The maximum absolute atomic E-state index is 9.81. The van der Waals surface area contributed by atoms with E-state index in [2.05, 4.69) is 33.3 Å². The van der Waals surface area contributed by atoms with Crippen LogP contribution in [0.2, 0.25) is 0 Å². The lowest BCUT2D eigenvalue weighted by Crippen LogP contribution is -2.48. The zero-order valence-electron chi connectivity index (χ0n) is 15.9. The van der Waals surface area contributed by atoms with Gasteiger partial charge in [0.15, 0.2) is 5.65 Å². The number of piperazine rings is 1. The molecular formula is C21H25N5O. The van der Waals surface area contributed by atoms with E-state index in [0.717, 1.165) is 61.4 Å². The smallest absolute Gasteiger partial charge is 0.157 e. The van der Waals surface area contributed by atoms with Crippen LogP contribution in [-0.4, -0.2) is 58.7 Å². The highest BCUT2D eigenvalue weighted by atomic mass is 16.3. The van der Waals surface area contributed by atoms with Crippen molar-refractivity contribution in [3.05, 3.63) is 41.0 Å². The number of benzene rings is 1. The van der Waals surface area contributed by atoms with Crippen LogP contribution < -0.4 is 4.90 Å². The van der Waals surface area contributed by atoms with Crippen LogP contribution in [-0.2, 0) is 6.42 Å². The number of aliphatic hydroxyl groups is 1. The van der Waals surface area contributed by atoms with Gasteiger partial charge in [-0.25, -0.2) is 4.98 Å². The standard InChI is InChI=1S/C21H25N5O/c1-3-16-15(2)17(14-22)20-23-18-6-4-5-7-19(18)26(20)21(16)25-10-8-24(9-11-25)12-13-27/h4-7,27H,3,8-13H2,1-2H3. The molecule has 1 fully saturated rings. The molecule has 0 unspecified atom stereocenters. The molecule has 4 rings (SSSR count). The maximum Gasteiger partial charge on any atom is 0.157 e. The number of aliphatic hydroxyl groups excluding tert-OH is 1. The second kappa shape index (κ2) is 7.18. The van der Waals surface area contributed by atoms with Crippen LogP contribution in [0.4, 0.5) is 5.82 Å². The molecule has 1 saturated heterocycles. The van der Waals surface area contributed by atoms with Crippen molar-refractivity contribution in [2.75, 3.05) is 44.2 Å². The van der Waals surface area contributed by atoms with Crippen LogP contribution in [0.3, 0.4) is 0 Å². The van der Waals surface area contributed by atoms with Gasteiger partial charge in [0.25, 0.3) is 0 Å². The Kier molecular flexibility index (Phi) is 4.73. The van der Waals surface area contributed by atoms with E-state index in [0.29, 0.717) is 5.56 Å². The van der Waals surface area contributed by atoms with Crippen LogP contribution >= 0.6 is 0 Å². The molecular weight excluding hydrogens is 338 g/mol. The maximum atomic E-state index is 9.81. The van der Waals surface area contributed by atoms with Crippen molar-refractivity contribution < 1.29 is 5.11 Å². The summed E-state index contributed by atoms with van der Waals surface area (Å²) >= 11 is 0. The van der Waals surface area contributed by atoms with Crippen LogP contribution in [0, 0.1) is 18.3 Å². The van der Waals surface area contributed by atoms with E-state index in [1.54, 1.807) is 0 Å². The molecule has 1 aliphatic heterocycles. The van der Waals surface area contributed by atoms with Crippen molar-refractivity contribution >= 4 is 22.5 Å². The zero-order valence-corrected chi connectivity index (χ0v) is 15.9. The summed E-state index contributed by atoms with van der Waals surface area (Å²) in [6.07, 6.45) is 0.870. The highest BCUT2D eigenvalue weighted by Gasteiger charge is 2.25. The SMILES string of the molecule is CCc1c(C)c(C#N)c2nc3ccccc3n2c1N1CCN(CCO)CC1. The summed E-state index contributed by atoms with van der Waals surface area (Å²) in [5.74, 6) is 1.17. The molecule has 1 aromatic carbocycles. The minimum atomic E-state index is 0.201. The third-order valence-corrected chi connectivity index (χ3v) is 5.65. The molecule has 0 aliphatic carbocycles. The molecule has 3 aromatic rings. The average Bonchev–Trinajstić information content (AvgIpc) is 3.07. The predicted molar refractivity (Wildman–Crippen MR) is 107 cm³/mol. The first-order valence-electron chi connectivity index (χ1n) is 9.60. The number of nitrogens with zero attached hydrogens (tertiary/aromatic N) is 5. The number of β-amino-alcohol motifs (C(OH)–C–C–N with tert-alkyl or cyclic N) is 1. The molecule has 1 N–H and O–H groups in total. The van der Waals surface area contributed by atoms with Crippen molar-refractivity contribution in [3.8, 4) is 6.07 Å². The fourth-order valence-electron chi connectivity index (χ4n) is 4.24. The molecule has 27 heavy (non-hydrogen) atoms. The average molecular weight is 363 g/mol. The summed E-state index contributed by atoms with van der Waals surface area (Å²) in [5.41, 5.74) is 5.65. The van der Waals surface area contributed by atoms with Gasteiger partial charge in [0.1, 0.15) is 11.9 Å². The molecule has 6 nitrogen and oxygen atoms in total. The molecule has 0 saturated carbocycles. The first-order chi connectivity index (χ1) is 13.2. The third-order valence-electron chi connectivity index (χ3n) is 5.65. The number of fused-ring (bicyclic) bond motifs is 3. The molecule has 1 aliphatic rings. The number of para-hydroxylation sites is 2. The molecule has 140 valence electrons. The molecule has 3 heterocycles. The summed E-state index contributed by atoms with van der Waals surface area (Å²) in [6, 6.07) is 10.5. The van der Waals surface area contributed by atoms with Crippen LogP contribution in [0.1, 0.15) is 23.6 Å². The summed E-state index contributed by atoms with van der Waals surface area (Å²) in [5, 5.41) is 19.0. The Balaban J connectivity index is 1.95. The number of hydrogen-bond acceptors (Lipinski definition) is 5. The van der Waals surface area contributed by atoms with E-state index in [1.165, 1.54) is 11.4 Å². The monoisotopic (exact) mass is 363 g/mol. The minimum Gasteiger partial charge on any atom is -0.395 e. The Labute approximate surface area is 159 Å². The van der Waals surface area contributed by atoms with Crippen molar-refractivity contribution in [1.82, 2.24) is 14.3 Å². The van der Waals surface area contributed by atoms with E-state index in [9.17, 15) is 10.4 Å². The van der Waals surface area contributed by atoms with Crippen LogP contribution in [0.5, 0.6) is 0 Å². The van der Waals surface area contributed by atoms with Crippen molar-refractivity contribution in [3.63, 3.8) is 0 Å². The van der Waals surface area contributed by atoms with Gasteiger partial charge in [-0.1, -0.05) is 19.1 Å². The van der Waals surface area contributed by atoms with E-state index in [-0.39, 0.29) is 6.61 Å². The molecule has 0 radical (unpaired) electrons. The van der Waals surface area contributed by atoms with E-state index >= 15 is 0 Å². The van der Waals surface area contributed by atoms with Gasteiger partial charge in [0.2, 0.25) is 0 Å². The summed E-state index contributed by atoms with van der Waals surface area (Å²) in [4.78, 5) is 9.50. The fourth-order valence-corrected chi connectivity index (χ4v) is 4.24. The number of nitriles is 1. The van der Waals surface area contributed by atoms with Crippen LogP contribution in [0.15, 0.2) is 24.3 Å². The molecule has 0 bridgehead atoms. The molecule has 0 amide bonds. The molecule has 0 spiro atoms. The van der Waals surface area contributed by atoms with Gasteiger partial charge < -0.3 is 10.0 Å². The van der Waals surface area contributed by atoms with E-state index < -0.39 is 0 Å². The topological polar surface area (TPSA) is 67.8 Å². The molecule has 2 aromatic heterocycles. The van der Waals surface area contributed by atoms with E-state index in [1.807, 2.05) is 25.1 Å². The van der Waals surface area contributed by atoms with Gasteiger partial charge in [0, 0.05) is 32.7 Å². The van der Waals surface area contributed by atoms with Crippen molar-refractivity contribution in [2.24, 2.45) is 0 Å². The zero-order chi connectivity index (χ0) is 19.0. The summed E-state index contributed by atoms with van der Waals surface area (Å²) in [6.45, 7) is 8.78. The number of pyridine rings is 1. The van der Waals surface area contributed by atoms with Gasteiger partial charge >= 0.3 is 0 Å². The number of anilines is 1. The number of imidazole rings is 1. The largest absolute Gasteiger partial charge is 0.395 e. The normalized spacial score (nSPS) is 15.6. The fraction of sp³-hybridized carbons (Fsp3) is 0.429. The number of rotatable bonds is 4. The Morgan fingerprint density at radius 1 is 1.19 bits per heavy atom. The lowest BCUT2D eigenvalue weighted by atomic mass is 10.0. The Hall–Kier alpha value is -2.62. The second-order valence-electron chi connectivity index (χ2n) is 7.08. The second-order valence-corrected chi connectivity index (χ2v) is 7.08.